The van der Waals surface area contributed by atoms with Crippen molar-refractivity contribution in [1.29, 1.82) is 0 Å². The van der Waals surface area contributed by atoms with Gasteiger partial charge in [-0.3, -0.25) is 9.55 Å². The van der Waals surface area contributed by atoms with Gasteiger partial charge in [-0.1, -0.05) is 0 Å². The van der Waals surface area contributed by atoms with E-state index in [1.54, 1.807) is 25.5 Å². The summed E-state index contributed by atoms with van der Waals surface area (Å²) in [7, 11) is 0. The Kier molecular flexibility index (Phi) is 3.08. The molecule has 0 saturated heterocycles. The lowest BCUT2D eigenvalue weighted by Gasteiger charge is -2.05. The summed E-state index contributed by atoms with van der Waals surface area (Å²) in [5.41, 5.74) is 2.84. The molecule has 0 radical (unpaired) electrons. The Balaban J connectivity index is 2.12. The highest BCUT2D eigenvalue weighted by atomic mass is 16.3. The highest BCUT2D eigenvalue weighted by molar-refractivity contribution is 5.77. The lowest BCUT2D eigenvalue weighted by molar-refractivity contribution is 0.173. The maximum Gasteiger partial charge on any atom is 0.327 e. The van der Waals surface area contributed by atoms with E-state index in [-0.39, 0.29) is 12.2 Å². The van der Waals surface area contributed by atoms with Crippen LogP contribution >= 0.6 is 0 Å². The highest BCUT2D eigenvalue weighted by Gasteiger charge is 2.11. The first-order chi connectivity index (χ1) is 9.65. The number of nitrogens with zero attached hydrogens (tertiary/aromatic N) is 3. The second-order valence-corrected chi connectivity index (χ2v) is 4.72. The number of nitrogens with one attached hydrogen (secondary N) is 1. The standard InChI is InChI=1S/C14H14N4O2/c1-9(19)8-18-13-12(17-14(18)20)6-11(7-16-13)10-2-4-15-5-3-10/h2-7,9,19H,8H2,1H3,(H,17,20). The van der Waals surface area contributed by atoms with Gasteiger partial charge in [-0.15, -0.1) is 0 Å². The number of pyridine rings is 2. The van der Waals surface area contributed by atoms with Crippen molar-refractivity contribution in [3.63, 3.8) is 0 Å². The smallest absolute Gasteiger partial charge is 0.327 e. The lowest BCUT2D eigenvalue weighted by Crippen LogP contribution is -2.23. The van der Waals surface area contributed by atoms with Crippen molar-refractivity contribution in [1.82, 2.24) is 19.5 Å². The van der Waals surface area contributed by atoms with E-state index >= 15 is 0 Å². The number of hydrogen-bond donors (Lipinski definition) is 2. The van der Waals surface area contributed by atoms with Crippen LogP contribution in [0.4, 0.5) is 0 Å². The molecule has 102 valence electrons. The minimum Gasteiger partial charge on any atom is -0.392 e. The molecule has 1 atom stereocenters. The van der Waals surface area contributed by atoms with E-state index in [9.17, 15) is 9.90 Å². The van der Waals surface area contributed by atoms with E-state index < -0.39 is 6.10 Å². The minimum absolute atomic E-state index is 0.223. The number of rotatable bonds is 3. The van der Waals surface area contributed by atoms with Crippen molar-refractivity contribution in [3.05, 3.63) is 47.3 Å². The predicted molar refractivity (Wildman–Crippen MR) is 75.3 cm³/mol. The molecule has 20 heavy (non-hydrogen) atoms. The average Bonchev–Trinajstić information content (AvgIpc) is 2.75. The van der Waals surface area contributed by atoms with Gasteiger partial charge >= 0.3 is 5.69 Å². The second kappa shape index (κ2) is 4.90. The van der Waals surface area contributed by atoms with E-state index in [0.29, 0.717) is 11.2 Å². The summed E-state index contributed by atoms with van der Waals surface area (Å²) in [5.74, 6) is 0. The zero-order chi connectivity index (χ0) is 14.1. The van der Waals surface area contributed by atoms with Gasteiger partial charge in [0.2, 0.25) is 0 Å². The zero-order valence-electron chi connectivity index (χ0n) is 10.9. The third-order valence-corrected chi connectivity index (χ3v) is 3.07. The normalized spacial score (nSPS) is 12.7. The third kappa shape index (κ3) is 2.21. The molecule has 0 aliphatic rings. The number of aliphatic hydroxyl groups is 1. The lowest BCUT2D eigenvalue weighted by atomic mass is 10.1. The molecule has 2 N–H and O–H groups in total. The van der Waals surface area contributed by atoms with E-state index in [2.05, 4.69) is 15.0 Å². The van der Waals surface area contributed by atoms with Crippen molar-refractivity contribution in [2.24, 2.45) is 0 Å². The van der Waals surface area contributed by atoms with Crippen LogP contribution in [0.1, 0.15) is 6.92 Å². The Labute approximate surface area is 114 Å². The molecule has 0 bridgehead atoms. The van der Waals surface area contributed by atoms with Gasteiger partial charge in [0.25, 0.3) is 0 Å². The summed E-state index contributed by atoms with van der Waals surface area (Å²) in [5, 5.41) is 9.43. The Bertz CT molecular complexity index is 790. The Hall–Kier alpha value is -2.47. The number of H-pyrrole nitrogens is 1. The van der Waals surface area contributed by atoms with Crippen LogP contribution in [0.5, 0.6) is 0 Å². The molecule has 6 heteroatoms. The largest absolute Gasteiger partial charge is 0.392 e. The Morgan fingerprint density at radius 3 is 2.80 bits per heavy atom. The SMILES string of the molecule is CC(O)Cn1c(=O)[nH]c2cc(-c3ccncc3)cnc21. The quantitative estimate of drug-likeness (QED) is 0.748. The predicted octanol–water partition coefficient (Wildman–Crippen LogP) is 1.17. The van der Waals surface area contributed by atoms with Gasteiger partial charge in [0.05, 0.1) is 18.2 Å². The highest BCUT2D eigenvalue weighted by Crippen LogP contribution is 2.20. The first-order valence-electron chi connectivity index (χ1n) is 6.32. The fourth-order valence-electron chi connectivity index (χ4n) is 2.18. The molecule has 0 amide bonds. The molecule has 6 nitrogen and oxygen atoms in total. The van der Waals surface area contributed by atoms with Gasteiger partial charge in [-0.05, 0) is 30.7 Å². The van der Waals surface area contributed by atoms with Crippen molar-refractivity contribution in [2.45, 2.75) is 19.6 Å². The summed E-state index contributed by atoms with van der Waals surface area (Å²) in [6.45, 7) is 1.86. The Morgan fingerprint density at radius 1 is 1.35 bits per heavy atom. The number of fused-ring (bicyclic) bond motifs is 1. The van der Waals surface area contributed by atoms with Crippen LogP contribution in [0, 0.1) is 0 Å². The van der Waals surface area contributed by atoms with Gasteiger partial charge in [0.15, 0.2) is 5.65 Å². The van der Waals surface area contributed by atoms with Crippen molar-refractivity contribution in [2.75, 3.05) is 0 Å². The van der Waals surface area contributed by atoms with Crippen LogP contribution in [-0.2, 0) is 6.54 Å². The molecular formula is C14H14N4O2. The maximum absolute atomic E-state index is 11.9. The summed E-state index contributed by atoms with van der Waals surface area (Å²) < 4.78 is 1.44. The monoisotopic (exact) mass is 270 g/mol. The first-order valence-corrected chi connectivity index (χ1v) is 6.32. The summed E-state index contributed by atoms with van der Waals surface area (Å²) in [6.07, 6.45) is 4.53. The minimum atomic E-state index is -0.603. The molecule has 1 unspecified atom stereocenters. The first kappa shape index (κ1) is 12.6. The fraction of sp³-hybridized carbons (Fsp3) is 0.214. The summed E-state index contributed by atoms with van der Waals surface area (Å²) in [4.78, 5) is 22.9. The molecule has 3 rings (SSSR count). The Morgan fingerprint density at radius 2 is 2.10 bits per heavy atom. The number of imidazole rings is 1. The maximum atomic E-state index is 11.9. The molecular weight excluding hydrogens is 256 g/mol. The molecule has 3 aromatic rings. The number of aliphatic hydroxyl groups excluding tert-OH is 1. The van der Waals surface area contributed by atoms with Gasteiger partial charge < -0.3 is 10.1 Å². The van der Waals surface area contributed by atoms with E-state index in [1.165, 1.54) is 4.57 Å². The van der Waals surface area contributed by atoms with Crippen LogP contribution in [0.3, 0.4) is 0 Å². The van der Waals surface area contributed by atoms with Gasteiger partial charge in [-0.2, -0.15) is 0 Å². The topological polar surface area (TPSA) is 83.8 Å². The van der Waals surface area contributed by atoms with Gasteiger partial charge in [0.1, 0.15) is 0 Å². The molecule has 0 spiro atoms. The van der Waals surface area contributed by atoms with Crippen LogP contribution in [0.15, 0.2) is 41.6 Å². The molecule has 0 aliphatic carbocycles. The van der Waals surface area contributed by atoms with Gasteiger partial charge in [-0.25, -0.2) is 9.78 Å². The van der Waals surface area contributed by atoms with Crippen molar-refractivity contribution >= 4 is 11.2 Å². The molecule has 0 fully saturated rings. The third-order valence-electron chi connectivity index (χ3n) is 3.07. The number of aromatic amines is 1. The van der Waals surface area contributed by atoms with E-state index in [4.69, 9.17) is 0 Å². The number of hydrogen-bond acceptors (Lipinski definition) is 4. The zero-order valence-corrected chi connectivity index (χ0v) is 10.9. The van der Waals surface area contributed by atoms with E-state index in [0.717, 1.165) is 11.1 Å². The van der Waals surface area contributed by atoms with Crippen LogP contribution in [0.25, 0.3) is 22.3 Å². The molecule has 0 aliphatic heterocycles. The van der Waals surface area contributed by atoms with Gasteiger partial charge in [0, 0.05) is 24.2 Å². The molecule has 3 heterocycles. The number of aromatic nitrogens is 4. The van der Waals surface area contributed by atoms with Crippen LogP contribution in [0.2, 0.25) is 0 Å². The van der Waals surface area contributed by atoms with Crippen molar-refractivity contribution < 1.29 is 5.11 Å². The van der Waals surface area contributed by atoms with Crippen LogP contribution in [-0.4, -0.2) is 30.7 Å². The second-order valence-electron chi connectivity index (χ2n) is 4.72. The van der Waals surface area contributed by atoms with Crippen LogP contribution < -0.4 is 5.69 Å². The van der Waals surface area contributed by atoms with Crippen molar-refractivity contribution in [3.8, 4) is 11.1 Å². The molecule has 0 saturated carbocycles. The van der Waals surface area contributed by atoms with E-state index in [1.807, 2.05) is 18.2 Å². The average molecular weight is 270 g/mol. The summed E-state index contributed by atoms with van der Waals surface area (Å²) in [6, 6.07) is 5.64. The summed E-state index contributed by atoms with van der Waals surface area (Å²) >= 11 is 0. The molecule has 0 aromatic carbocycles. The fourth-order valence-corrected chi connectivity index (χ4v) is 2.18. The molecule has 3 aromatic heterocycles.